The predicted molar refractivity (Wildman–Crippen MR) is 181 cm³/mol. The molecule has 1 aromatic carbocycles. The molecule has 9 nitrogen and oxygen atoms in total. The lowest BCUT2D eigenvalue weighted by molar-refractivity contribution is 0.0235. The summed E-state index contributed by atoms with van der Waals surface area (Å²) in [4.78, 5) is 19.6. The normalized spacial score (nSPS) is 16.6. The number of carbonyl (C=O) groups excluding carboxylic acids is 1. The van der Waals surface area contributed by atoms with Gasteiger partial charge < -0.3 is 25.1 Å². The summed E-state index contributed by atoms with van der Waals surface area (Å²) in [6.07, 6.45) is 5.96. The molecule has 0 bridgehead atoms. The molecule has 3 heterocycles. The van der Waals surface area contributed by atoms with Crippen molar-refractivity contribution in [3.63, 3.8) is 0 Å². The number of nitrogens with one attached hydrogen (secondary N) is 1. The van der Waals surface area contributed by atoms with Gasteiger partial charge in [0, 0.05) is 23.8 Å². The van der Waals surface area contributed by atoms with Gasteiger partial charge in [0.15, 0.2) is 0 Å². The first-order chi connectivity index (χ1) is 20.0. The number of amides is 1. The average Bonchev–Trinajstić information content (AvgIpc) is 3.52. The van der Waals surface area contributed by atoms with Gasteiger partial charge in [-0.15, -0.1) is 0 Å². The van der Waals surface area contributed by atoms with Gasteiger partial charge in [-0.3, -0.25) is 0 Å². The maximum Gasteiger partial charge on any atom is 0.410 e. The van der Waals surface area contributed by atoms with Crippen LogP contribution in [0.4, 0.5) is 16.2 Å². The number of benzene rings is 1. The van der Waals surface area contributed by atoms with Crippen LogP contribution in [0.15, 0.2) is 46.1 Å². The van der Waals surface area contributed by atoms with E-state index in [0.717, 1.165) is 51.9 Å². The van der Waals surface area contributed by atoms with Crippen LogP contribution in [0.25, 0.3) is 5.52 Å². The molecule has 0 aliphatic carbocycles. The Hall–Kier alpha value is -3.05. The van der Waals surface area contributed by atoms with Gasteiger partial charge in [-0.25, -0.2) is 14.3 Å². The van der Waals surface area contributed by atoms with Gasteiger partial charge >= 0.3 is 6.09 Å². The smallest absolute Gasteiger partial charge is 0.410 e. The molecule has 43 heavy (non-hydrogen) atoms. The molecule has 1 amide bonds. The van der Waals surface area contributed by atoms with Gasteiger partial charge in [0.2, 0.25) is 8.32 Å². The van der Waals surface area contributed by atoms with Crippen LogP contribution in [-0.2, 0) is 11.2 Å². The van der Waals surface area contributed by atoms with Gasteiger partial charge in [0.05, 0.1) is 34.7 Å². The highest BCUT2D eigenvalue weighted by Gasteiger charge is 2.39. The van der Waals surface area contributed by atoms with Gasteiger partial charge in [-0.05, 0) is 104 Å². The molecular formula is C32H47BrN6O3Si. The topological polar surface area (TPSA) is 106 Å². The first-order valence-corrected chi connectivity index (χ1v) is 18.8. The zero-order valence-corrected chi connectivity index (χ0v) is 29.6. The van der Waals surface area contributed by atoms with Crippen LogP contribution in [0.5, 0.6) is 5.75 Å². The SMILES string of the molecule is CCc1cc(O[Si](C)(C)C(C)(C)C)ccc1/N=C(\N)c1cnn2cc(Br)cc2c1NC[C@H]1CCCN1C(=O)OC(C)(C)C. The van der Waals surface area contributed by atoms with Crippen LogP contribution in [0, 0.1) is 0 Å². The van der Waals surface area contributed by atoms with E-state index in [-0.39, 0.29) is 17.2 Å². The fourth-order valence-electron chi connectivity index (χ4n) is 4.89. The highest BCUT2D eigenvalue weighted by molar-refractivity contribution is 9.10. The number of aryl methyl sites for hydroxylation is 1. The lowest BCUT2D eigenvalue weighted by atomic mass is 10.1. The standard InChI is InChI=1S/C32H47BrN6O3Si/c1-10-21-16-24(42-43(8,9)32(5,6)7)13-14-26(21)37-29(34)25-19-36-39-20-22(33)17-27(39)28(25)35-18-23-12-11-15-38(23)30(40)41-31(2,3)4/h13-14,16-17,19-20,23,35H,10-12,15,18H2,1-9H3,(H2,34,37)/t23-/m1/s1. The molecule has 0 spiro atoms. The molecule has 3 aromatic rings. The predicted octanol–water partition coefficient (Wildman–Crippen LogP) is 7.89. The molecule has 1 fully saturated rings. The number of hydrogen-bond acceptors (Lipinski definition) is 6. The quantitative estimate of drug-likeness (QED) is 0.143. The fraction of sp³-hybridized carbons (Fsp3) is 0.531. The Morgan fingerprint density at radius 2 is 1.93 bits per heavy atom. The van der Waals surface area contributed by atoms with Crippen molar-refractivity contribution in [2.75, 3.05) is 18.4 Å². The maximum atomic E-state index is 12.9. The number of anilines is 1. The molecular weight excluding hydrogens is 624 g/mol. The third kappa shape index (κ3) is 7.73. The molecule has 1 aliphatic rings. The number of fused-ring (bicyclic) bond motifs is 1. The van der Waals surface area contributed by atoms with Crippen molar-refractivity contribution >= 4 is 53.1 Å². The number of likely N-dealkylation sites (tertiary alicyclic amines) is 1. The largest absolute Gasteiger partial charge is 0.543 e. The summed E-state index contributed by atoms with van der Waals surface area (Å²) in [5.41, 5.74) is 10.4. The highest BCUT2D eigenvalue weighted by atomic mass is 79.9. The van der Waals surface area contributed by atoms with E-state index in [1.165, 1.54) is 0 Å². The van der Waals surface area contributed by atoms with Gasteiger partial charge in [-0.1, -0.05) is 27.7 Å². The molecule has 1 atom stereocenters. The van der Waals surface area contributed by atoms with Crippen molar-refractivity contribution in [3.05, 3.63) is 52.3 Å². The third-order valence-electron chi connectivity index (χ3n) is 8.25. The van der Waals surface area contributed by atoms with Crippen LogP contribution < -0.4 is 15.5 Å². The van der Waals surface area contributed by atoms with Crippen molar-refractivity contribution in [2.24, 2.45) is 10.7 Å². The maximum absolute atomic E-state index is 12.9. The van der Waals surface area contributed by atoms with E-state index in [4.69, 9.17) is 19.9 Å². The van der Waals surface area contributed by atoms with Gasteiger partial charge in [0.25, 0.3) is 0 Å². The summed E-state index contributed by atoms with van der Waals surface area (Å²) in [6, 6.07) is 8.05. The molecule has 0 unspecified atom stereocenters. The second-order valence-electron chi connectivity index (χ2n) is 13.8. The molecule has 1 saturated heterocycles. The molecule has 234 valence electrons. The minimum absolute atomic E-state index is 0.00683. The molecule has 2 aromatic heterocycles. The zero-order chi connectivity index (χ0) is 31.7. The third-order valence-corrected chi connectivity index (χ3v) is 13.0. The van der Waals surface area contributed by atoms with E-state index in [0.29, 0.717) is 24.5 Å². The second-order valence-corrected chi connectivity index (χ2v) is 19.4. The number of ether oxygens (including phenoxy) is 1. The number of aromatic nitrogens is 2. The minimum Gasteiger partial charge on any atom is -0.543 e. The minimum atomic E-state index is -1.98. The van der Waals surface area contributed by atoms with Crippen molar-refractivity contribution < 1.29 is 14.0 Å². The van der Waals surface area contributed by atoms with E-state index in [2.05, 4.69) is 73.2 Å². The summed E-state index contributed by atoms with van der Waals surface area (Å²) >= 11 is 3.58. The number of aliphatic imine (C=N–C) groups is 1. The monoisotopic (exact) mass is 670 g/mol. The Morgan fingerprint density at radius 3 is 2.58 bits per heavy atom. The molecule has 0 radical (unpaired) electrons. The number of carbonyl (C=O) groups is 1. The van der Waals surface area contributed by atoms with Crippen molar-refractivity contribution in [1.29, 1.82) is 0 Å². The Morgan fingerprint density at radius 1 is 1.21 bits per heavy atom. The Balaban J connectivity index is 1.64. The Kier molecular flexibility index (Phi) is 9.56. The van der Waals surface area contributed by atoms with Crippen molar-refractivity contribution in [3.8, 4) is 5.75 Å². The van der Waals surface area contributed by atoms with Crippen LogP contribution >= 0.6 is 15.9 Å². The number of amidine groups is 1. The fourth-order valence-corrected chi connectivity index (χ4v) is 6.32. The number of nitrogens with two attached hydrogens (primary N) is 1. The molecule has 3 N–H and O–H groups in total. The molecule has 4 rings (SSSR count). The van der Waals surface area contributed by atoms with E-state index in [1.807, 2.05) is 50.1 Å². The summed E-state index contributed by atoms with van der Waals surface area (Å²) < 4.78 is 14.9. The van der Waals surface area contributed by atoms with E-state index >= 15 is 0 Å². The summed E-state index contributed by atoms with van der Waals surface area (Å²) in [5, 5.41) is 8.29. The first-order valence-electron chi connectivity index (χ1n) is 15.1. The lowest BCUT2D eigenvalue weighted by Crippen LogP contribution is -2.43. The van der Waals surface area contributed by atoms with E-state index < -0.39 is 13.9 Å². The summed E-state index contributed by atoms with van der Waals surface area (Å²) in [7, 11) is -1.98. The average molecular weight is 672 g/mol. The summed E-state index contributed by atoms with van der Waals surface area (Å²) in [5.74, 6) is 1.23. The highest BCUT2D eigenvalue weighted by Crippen LogP contribution is 2.38. The van der Waals surface area contributed by atoms with Crippen molar-refractivity contribution in [2.45, 2.75) is 97.5 Å². The zero-order valence-electron chi connectivity index (χ0n) is 27.0. The van der Waals surface area contributed by atoms with Crippen LogP contribution in [-0.4, -0.2) is 59.5 Å². The molecule has 11 heteroatoms. The lowest BCUT2D eigenvalue weighted by Gasteiger charge is -2.36. The molecule has 0 saturated carbocycles. The summed E-state index contributed by atoms with van der Waals surface area (Å²) in [6.45, 7) is 20.2. The van der Waals surface area contributed by atoms with E-state index in [1.54, 1.807) is 10.7 Å². The van der Waals surface area contributed by atoms with E-state index in [9.17, 15) is 4.79 Å². The number of halogens is 1. The first kappa shape index (κ1) is 32.9. The van der Waals surface area contributed by atoms with Crippen molar-refractivity contribution in [1.82, 2.24) is 14.5 Å². The van der Waals surface area contributed by atoms with Crippen LogP contribution in [0.3, 0.4) is 0 Å². The Labute approximate surface area is 265 Å². The number of rotatable bonds is 8. The van der Waals surface area contributed by atoms with Gasteiger partial charge in [-0.2, -0.15) is 5.10 Å². The molecule has 1 aliphatic heterocycles. The number of hydrogen-bond donors (Lipinski definition) is 2. The second kappa shape index (κ2) is 12.5. The van der Waals surface area contributed by atoms with Crippen LogP contribution in [0.2, 0.25) is 18.1 Å². The number of nitrogens with zero attached hydrogens (tertiary/aromatic N) is 4. The Bertz CT molecular complexity index is 1510. The van der Waals surface area contributed by atoms with Crippen LogP contribution in [0.1, 0.15) is 72.4 Å². The van der Waals surface area contributed by atoms with Gasteiger partial charge in [0.1, 0.15) is 17.2 Å².